The lowest BCUT2D eigenvalue weighted by Gasteiger charge is -2.29. The molecular formula is C30H41N3O8S2. The zero-order valence-electron chi connectivity index (χ0n) is 24.9. The van der Waals surface area contributed by atoms with Crippen LogP contribution in [-0.2, 0) is 39.9 Å². The van der Waals surface area contributed by atoms with Crippen LogP contribution in [0, 0.1) is 5.92 Å². The number of hydrogen-bond donors (Lipinski definition) is 4. The minimum atomic E-state index is -1.32. The van der Waals surface area contributed by atoms with Gasteiger partial charge in [0.25, 0.3) is 0 Å². The van der Waals surface area contributed by atoms with E-state index in [0.29, 0.717) is 12.2 Å². The zero-order valence-corrected chi connectivity index (χ0v) is 26.5. The average Bonchev–Trinajstić information content (AvgIpc) is 2.92. The Hall–Kier alpha value is -3.16. The summed E-state index contributed by atoms with van der Waals surface area (Å²) < 4.78 is 5.54. The normalized spacial score (nSPS) is 24.4. The number of esters is 1. The third-order valence-corrected chi connectivity index (χ3v) is 8.20. The Labute approximate surface area is 260 Å². The Kier molecular flexibility index (Phi) is 15.5. The lowest BCUT2D eigenvalue weighted by Crippen LogP contribution is -2.58. The highest BCUT2D eigenvalue weighted by atomic mass is 32.2. The number of hydrogen-bond acceptors (Lipinski definition) is 10. The largest absolute Gasteiger partial charge is 0.457 e. The van der Waals surface area contributed by atoms with Crippen LogP contribution < -0.4 is 16.0 Å². The van der Waals surface area contributed by atoms with Gasteiger partial charge in [0.15, 0.2) is 10.2 Å². The number of cyclic esters (lactones) is 1. The second-order valence-corrected chi connectivity index (χ2v) is 13.0. The molecule has 0 radical (unpaired) electrons. The van der Waals surface area contributed by atoms with Gasteiger partial charge in [0, 0.05) is 31.8 Å². The van der Waals surface area contributed by atoms with Gasteiger partial charge in [0.1, 0.15) is 18.2 Å². The molecule has 0 unspecified atom stereocenters. The number of benzene rings is 1. The lowest BCUT2D eigenvalue weighted by atomic mass is 9.96. The molecule has 1 fully saturated rings. The molecule has 1 saturated heterocycles. The average molecular weight is 636 g/mol. The molecule has 13 heteroatoms. The predicted molar refractivity (Wildman–Crippen MR) is 166 cm³/mol. The minimum absolute atomic E-state index is 0.0289. The van der Waals surface area contributed by atoms with Gasteiger partial charge in [-0.25, -0.2) is 0 Å². The number of amides is 3. The first kappa shape index (κ1) is 36.0. The molecule has 2 rings (SSSR count). The standard InChI is InChI=1S/C30H41N3O8S2/c1-18(2)28-25(36)16-27(38)41-22(12-8-9-13-42-19(3)34)15-26(37)31-23(14-21-10-6-5-7-11-21)29(39)32-24(30(40)33-28)17-43-20(4)35/h5-8,10-12,18,22-25,28,36H,9,13-17H2,1-4H3,(H,31,37)(H,32,39)(H,33,40)/b12-8+/t22-,23-,24-,25+,28-/m1/s1. The zero-order chi connectivity index (χ0) is 31.9. The van der Waals surface area contributed by atoms with E-state index in [0.717, 1.165) is 29.1 Å². The summed E-state index contributed by atoms with van der Waals surface area (Å²) in [7, 11) is 0. The summed E-state index contributed by atoms with van der Waals surface area (Å²) in [6, 6.07) is 5.88. The molecular weight excluding hydrogens is 594 g/mol. The van der Waals surface area contributed by atoms with Crippen molar-refractivity contribution in [2.45, 2.75) is 83.7 Å². The van der Waals surface area contributed by atoms with Crippen LogP contribution in [0.25, 0.3) is 0 Å². The van der Waals surface area contributed by atoms with E-state index in [1.54, 1.807) is 50.3 Å². The molecule has 1 heterocycles. The molecule has 3 amide bonds. The summed E-state index contributed by atoms with van der Waals surface area (Å²) in [4.78, 5) is 75.8. The Bertz CT molecular complexity index is 1160. The number of thioether (sulfide) groups is 2. The summed E-state index contributed by atoms with van der Waals surface area (Å²) >= 11 is 2.00. The predicted octanol–water partition coefficient (Wildman–Crippen LogP) is 1.91. The van der Waals surface area contributed by atoms with E-state index in [-0.39, 0.29) is 34.7 Å². The van der Waals surface area contributed by atoms with Crippen LogP contribution >= 0.6 is 23.5 Å². The van der Waals surface area contributed by atoms with E-state index in [4.69, 9.17) is 4.74 Å². The number of allylic oxidation sites excluding steroid dienone is 1. The molecule has 1 aliphatic heterocycles. The highest BCUT2D eigenvalue weighted by molar-refractivity contribution is 8.13. The van der Waals surface area contributed by atoms with Gasteiger partial charge >= 0.3 is 5.97 Å². The van der Waals surface area contributed by atoms with Crippen molar-refractivity contribution in [3.63, 3.8) is 0 Å². The van der Waals surface area contributed by atoms with Crippen molar-refractivity contribution in [1.82, 2.24) is 16.0 Å². The lowest BCUT2D eigenvalue weighted by molar-refractivity contribution is -0.151. The number of aliphatic hydroxyl groups excluding tert-OH is 1. The van der Waals surface area contributed by atoms with E-state index in [2.05, 4.69) is 16.0 Å². The van der Waals surface area contributed by atoms with Crippen molar-refractivity contribution in [1.29, 1.82) is 0 Å². The fourth-order valence-electron chi connectivity index (χ4n) is 4.31. The van der Waals surface area contributed by atoms with E-state index in [1.165, 1.54) is 13.8 Å². The molecule has 1 aliphatic rings. The summed E-state index contributed by atoms with van der Waals surface area (Å²) in [6.07, 6.45) is 0.774. The first-order chi connectivity index (χ1) is 20.3. The number of aliphatic hydroxyl groups is 1. The fourth-order valence-corrected chi connectivity index (χ4v) is 5.48. The Morgan fingerprint density at radius 2 is 1.60 bits per heavy atom. The van der Waals surface area contributed by atoms with Crippen LogP contribution in [0.5, 0.6) is 0 Å². The molecule has 1 aromatic rings. The highest BCUT2D eigenvalue weighted by Gasteiger charge is 2.33. The second-order valence-electron chi connectivity index (χ2n) is 10.5. The number of ether oxygens (including phenoxy) is 1. The summed E-state index contributed by atoms with van der Waals surface area (Å²) in [5.74, 6) is -2.50. The maximum absolute atomic E-state index is 13.5. The summed E-state index contributed by atoms with van der Waals surface area (Å²) in [5, 5.41) is 18.7. The molecule has 0 aromatic heterocycles. The quantitative estimate of drug-likeness (QED) is 0.179. The van der Waals surface area contributed by atoms with Crippen molar-refractivity contribution < 1.29 is 38.6 Å². The minimum Gasteiger partial charge on any atom is -0.457 e. The van der Waals surface area contributed by atoms with Crippen molar-refractivity contribution >= 4 is 57.4 Å². The van der Waals surface area contributed by atoms with E-state index < -0.39 is 60.4 Å². The van der Waals surface area contributed by atoms with Gasteiger partial charge < -0.3 is 25.8 Å². The maximum Gasteiger partial charge on any atom is 0.309 e. The molecule has 5 atom stereocenters. The molecule has 43 heavy (non-hydrogen) atoms. The van der Waals surface area contributed by atoms with Crippen LogP contribution in [-0.4, -0.2) is 80.9 Å². The number of rotatable bonds is 9. The van der Waals surface area contributed by atoms with Gasteiger partial charge in [-0.3, -0.25) is 28.8 Å². The Morgan fingerprint density at radius 1 is 0.953 bits per heavy atom. The van der Waals surface area contributed by atoms with Crippen LogP contribution in [0.4, 0.5) is 0 Å². The van der Waals surface area contributed by atoms with Crippen molar-refractivity contribution in [2.75, 3.05) is 11.5 Å². The van der Waals surface area contributed by atoms with E-state index >= 15 is 0 Å². The van der Waals surface area contributed by atoms with Gasteiger partial charge in [-0.15, -0.1) is 0 Å². The highest BCUT2D eigenvalue weighted by Crippen LogP contribution is 2.15. The van der Waals surface area contributed by atoms with Gasteiger partial charge in [0.05, 0.1) is 25.0 Å². The SMILES string of the molecule is CC(=O)SCC/C=C/[C@@H]1CC(=O)N[C@H](Cc2ccccc2)C(=O)N[C@H](CSC(C)=O)C(=O)N[C@H](C(C)C)[C@@H](O)CC(=O)O1. The molecule has 0 saturated carbocycles. The van der Waals surface area contributed by atoms with Gasteiger partial charge in [-0.2, -0.15) is 0 Å². The third kappa shape index (κ3) is 13.8. The van der Waals surface area contributed by atoms with E-state index in [1.807, 2.05) is 6.07 Å². The van der Waals surface area contributed by atoms with Crippen LogP contribution in [0.2, 0.25) is 0 Å². The van der Waals surface area contributed by atoms with Crippen LogP contribution in [0.1, 0.15) is 52.5 Å². The first-order valence-electron chi connectivity index (χ1n) is 14.1. The topological polar surface area (TPSA) is 168 Å². The molecule has 0 spiro atoms. The third-order valence-electron chi connectivity index (χ3n) is 6.45. The number of carbonyl (C=O) groups excluding carboxylic acids is 6. The maximum atomic E-state index is 13.5. The number of carbonyl (C=O) groups is 6. The molecule has 0 aliphatic carbocycles. The second kappa shape index (κ2) is 18.5. The Balaban J connectivity index is 2.42. The first-order valence-corrected chi connectivity index (χ1v) is 16.1. The van der Waals surface area contributed by atoms with Crippen LogP contribution in [0.3, 0.4) is 0 Å². The smallest absolute Gasteiger partial charge is 0.309 e. The van der Waals surface area contributed by atoms with Crippen LogP contribution in [0.15, 0.2) is 42.5 Å². The molecule has 236 valence electrons. The van der Waals surface area contributed by atoms with Gasteiger partial charge in [0.2, 0.25) is 17.7 Å². The van der Waals surface area contributed by atoms with Crippen molar-refractivity contribution in [3.05, 3.63) is 48.0 Å². The van der Waals surface area contributed by atoms with Crippen molar-refractivity contribution in [3.8, 4) is 0 Å². The molecule has 4 N–H and O–H groups in total. The molecule has 11 nitrogen and oxygen atoms in total. The van der Waals surface area contributed by atoms with Gasteiger partial charge in [-0.05, 0) is 24.0 Å². The summed E-state index contributed by atoms with van der Waals surface area (Å²) in [5.41, 5.74) is 0.758. The molecule has 1 aromatic carbocycles. The monoisotopic (exact) mass is 635 g/mol. The van der Waals surface area contributed by atoms with E-state index in [9.17, 15) is 33.9 Å². The Morgan fingerprint density at radius 3 is 2.23 bits per heavy atom. The van der Waals surface area contributed by atoms with Gasteiger partial charge in [-0.1, -0.05) is 73.8 Å². The fraction of sp³-hybridized carbons (Fsp3) is 0.533. The number of nitrogens with one attached hydrogen (secondary N) is 3. The summed E-state index contributed by atoms with van der Waals surface area (Å²) in [6.45, 7) is 6.32. The van der Waals surface area contributed by atoms with Crippen molar-refractivity contribution in [2.24, 2.45) is 5.92 Å². The molecule has 0 bridgehead atoms.